The van der Waals surface area contributed by atoms with Crippen LogP contribution in [0, 0.1) is 23.7 Å². The summed E-state index contributed by atoms with van der Waals surface area (Å²) in [7, 11) is 5.96. The van der Waals surface area contributed by atoms with E-state index in [1.54, 1.807) is 52.8 Å². The fourth-order valence-corrected chi connectivity index (χ4v) is 12.8. The lowest BCUT2D eigenvalue weighted by Crippen LogP contribution is -2.61. The minimum atomic E-state index is -2.05. The minimum Gasteiger partial charge on any atom is -0.479 e. The number of rotatable bonds is 33. The molecule has 3 aliphatic heterocycles. The van der Waals surface area contributed by atoms with E-state index in [2.05, 4.69) is 26.3 Å². The molecule has 3 aromatic rings. The minimum absolute atomic E-state index is 0.119. The van der Waals surface area contributed by atoms with Gasteiger partial charge >= 0.3 is 12.1 Å². The Morgan fingerprint density at radius 2 is 1.53 bits per heavy atom. The molecule has 10 N–H and O–H groups in total. The van der Waals surface area contributed by atoms with E-state index < -0.39 is 164 Å². The summed E-state index contributed by atoms with van der Waals surface area (Å²) in [5.74, 6) is -8.66. The van der Waals surface area contributed by atoms with Crippen LogP contribution >= 0.6 is 11.3 Å². The predicted octanol–water partition coefficient (Wildman–Crippen LogP) is 1.87. The van der Waals surface area contributed by atoms with Crippen LogP contribution in [0.1, 0.15) is 103 Å². The molecule has 6 rings (SSSR count). The maximum absolute atomic E-state index is 14.9. The van der Waals surface area contributed by atoms with E-state index in [4.69, 9.17) is 29.4 Å². The molecule has 0 aliphatic carbocycles. The number of hydrogen-bond acceptors (Lipinski definition) is 21. The monoisotopic (exact) mass is 1350 g/mol. The number of aliphatic carboxylic acids is 1. The highest BCUT2D eigenvalue weighted by molar-refractivity contribution is 7.09. The van der Waals surface area contributed by atoms with Crippen LogP contribution in [0.3, 0.4) is 0 Å². The zero-order chi connectivity index (χ0) is 70.1. The second-order valence-corrected chi connectivity index (χ2v) is 25.6. The third-order valence-corrected chi connectivity index (χ3v) is 18.4. The normalized spacial score (nSPS) is 21.6. The third-order valence-electron chi connectivity index (χ3n) is 17.5. The second kappa shape index (κ2) is 35.1. The van der Waals surface area contributed by atoms with E-state index in [0.29, 0.717) is 37.1 Å². The number of hydrogen-bond donors (Lipinski definition) is 9. The molecule has 15 atom stereocenters. The first-order chi connectivity index (χ1) is 45.1. The average Bonchev–Trinajstić information content (AvgIpc) is 1.04. The van der Waals surface area contributed by atoms with Gasteiger partial charge < -0.3 is 80.9 Å². The number of nitrogens with one attached hydrogen (secondary N) is 4. The molecule has 0 saturated carbocycles. The first-order valence-electron chi connectivity index (χ1n) is 31.7. The molecule has 30 heteroatoms. The number of nitrogens with zero attached hydrogens (tertiary/aromatic N) is 5. The molecule has 29 nitrogen and oxygen atoms in total. The number of aromatic nitrogens is 1. The van der Waals surface area contributed by atoms with E-state index in [-0.39, 0.29) is 47.7 Å². The zero-order valence-electron chi connectivity index (χ0n) is 55.4. The van der Waals surface area contributed by atoms with Gasteiger partial charge in [0.1, 0.15) is 53.8 Å². The number of ether oxygens (including phenoxy) is 5. The van der Waals surface area contributed by atoms with Crippen molar-refractivity contribution in [2.24, 2.45) is 29.4 Å². The molecular weight excluding hydrogens is 1260 g/mol. The van der Waals surface area contributed by atoms with Crippen molar-refractivity contribution in [2.75, 3.05) is 53.3 Å². The molecule has 3 aliphatic rings. The van der Waals surface area contributed by atoms with Gasteiger partial charge in [0.2, 0.25) is 41.7 Å². The number of likely N-dealkylation sites (tertiary alicyclic amines) is 1. The van der Waals surface area contributed by atoms with Gasteiger partial charge in [-0.05, 0) is 60.3 Å². The number of carbonyl (C=O) groups excluding carboxylic acids is 9. The molecule has 2 fully saturated rings. The molecule has 0 radical (unpaired) electrons. The topological polar surface area (TPSA) is 398 Å². The number of benzene rings is 2. The molecule has 2 aromatic carbocycles. The number of amides is 9. The fourth-order valence-electron chi connectivity index (χ4n) is 12.1. The van der Waals surface area contributed by atoms with Gasteiger partial charge in [-0.2, -0.15) is 0 Å². The Hall–Kier alpha value is -7.97. The highest BCUT2D eigenvalue weighted by Crippen LogP contribution is 2.34. The van der Waals surface area contributed by atoms with Crippen molar-refractivity contribution in [1.29, 1.82) is 0 Å². The van der Waals surface area contributed by atoms with Gasteiger partial charge in [-0.1, -0.05) is 91.3 Å². The third kappa shape index (κ3) is 19.2. The zero-order valence-corrected chi connectivity index (χ0v) is 56.3. The lowest BCUT2D eigenvalue weighted by atomic mass is 9.89. The van der Waals surface area contributed by atoms with E-state index in [0.717, 1.165) is 27.6 Å². The Balaban J connectivity index is 1.12. The Morgan fingerprint density at radius 1 is 0.842 bits per heavy atom. The molecule has 2 saturated heterocycles. The van der Waals surface area contributed by atoms with Crippen molar-refractivity contribution in [2.45, 2.75) is 173 Å². The summed E-state index contributed by atoms with van der Waals surface area (Å²) in [5, 5.41) is 54.9. The number of aliphatic hydroxyl groups is 3. The SMILES string of the molecule is CC[C@H](C)[C@@H](C(CC(=O)N1CCC[C@H]1[C@H](OC)[C@@H](C)C(=O)N[C@@H](Cc1ccccc1)c1nccs1)OC)N(C)C(=O)[C@@H](NC(=O)[C@H](C(C)C)N(C)C(=O)OCc1ccc(O[C@@H]2O[C@H](C(=O)O)[C@@H](O)[C@H](O)[C@H]2O)c(NC(=O)CCNC(=O)[C@H](CN)N2C(=O)C=CC2=O)c1)C(C)C. The Labute approximate surface area is 556 Å². The van der Waals surface area contributed by atoms with E-state index >= 15 is 0 Å². The van der Waals surface area contributed by atoms with E-state index in [9.17, 15) is 68.4 Å². The number of nitrogens with two attached hydrogens (primary N) is 1. The summed E-state index contributed by atoms with van der Waals surface area (Å²) < 4.78 is 28.9. The van der Waals surface area contributed by atoms with E-state index in [1.807, 2.05) is 49.6 Å². The van der Waals surface area contributed by atoms with Gasteiger partial charge in [0.25, 0.3) is 11.8 Å². The van der Waals surface area contributed by atoms with Crippen LogP contribution in [-0.4, -0.2) is 225 Å². The molecular formula is C65H92N10O19S. The summed E-state index contributed by atoms with van der Waals surface area (Å²) in [6.45, 7) is 11.8. The molecule has 9 amide bonds. The van der Waals surface area contributed by atoms with Crippen LogP contribution < -0.4 is 31.7 Å². The number of likely N-dealkylation sites (N-methyl/N-ethyl adjacent to an activating group) is 2. The summed E-state index contributed by atoms with van der Waals surface area (Å²) in [6, 6.07) is 8.45. The number of carboxylic acids is 1. The summed E-state index contributed by atoms with van der Waals surface area (Å²) in [5.41, 5.74) is 6.76. The van der Waals surface area contributed by atoms with Crippen molar-refractivity contribution in [3.63, 3.8) is 0 Å². The fraction of sp³-hybridized carbons (Fsp3) is 0.585. The molecule has 1 unspecified atom stereocenters. The van der Waals surface area contributed by atoms with Gasteiger partial charge in [0.05, 0.1) is 48.4 Å². The Kier molecular flexibility index (Phi) is 28.1. The second-order valence-electron chi connectivity index (χ2n) is 24.7. The molecule has 522 valence electrons. The standard InChI is InChI=1S/C65H92N10O19S/c1-12-36(6)52(45(90-10)31-49(79)74-27-16-19-42(74)56(91-11)37(7)58(83)70-41(61-68-26-28-95-61)29-38-17-14-13-15-18-38)72(8)62(86)50(34(2)3)71-60(85)51(35(4)5)73(9)65(89)92-33-39-20-21-44(93-64-55(82)53(80)54(81)57(94-64)63(87)88)40(30-39)69-46(76)24-25-67-59(84)43(32-66)75-47(77)22-23-48(75)78/h13-15,17-18,20-23,26,28,30,34-37,41-43,45,50-57,64,80-82H,12,16,19,24-25,27,29,31-33,66H2,1-11H3,(H,67,84)(H,69,76)(H,70,83)(H,71,85)(H,87,88)/t36-,37+,41-,42-,43-,45?,50-,51-,52-,53-,54-,55+,56+,57-,64+/m0/s1. The lowest BCUT2D eigenvalue weighted by Gasteiger charge is -2.41. The number of imide groups is 1. The first kappa shape index (κ1) is 76.1. The lowest BCUT2D eigenvalue weighted by molar-refractivity contribution is -0.271. The van der Waals surface area contributed by atoms with Crippen LogP contribution in [-0.2, 0) is 75.1 Å². The van der Waals surface area contributed by atoms with Crippen molar-refractivity contribution in [1.82, 2.24) is 40.5 Å². The van der Waals surface area contributed by atoms with Gasteiger partial charge in [0, 0.05) is 78.1 Å². The summed E-state index contributed by atoms with van der Waals surface area (Å²) >= 11 is 1.45. The first-order valence-corrected chi connectivity index (χ1v) is 32.6. The van der Waals surface area contributed by atoms with Crippen molar-refractivity contribution >= 4 is 76.3 Å². The quantitative estimate of drug-likeness (QED) is 0.0393. The maximum Gasteiger partial charge on any atom is 0.410 e. The number of carboxylic acid groups (broad SMARTS) is 1. The van der Waals surface area contributed by atoms with Crippen molar-refractivity contribution < 1.29 is 92.1 Å². The molecule has 0 bridgehead atoms. The molecule has 0 spiro atoms. The van der Waals surface area contributed by atoms with Crippen LogP contribution in [0.4, 0.5) is 10.5 Å². The van der Waals surface area contributed by atoms with Crippen molar-refractivity contribution in [3.05, 3.63) is 88.4 Å². The molecule has 4 heterocycles. The number of anilines is 1. The van der Waals surface area contributed by atoms with Crippen molar-refractivity contribution in [3.8, 4) is 5.75 Å². The van der Waals surface area contributed by atoms with Gasteiger partial charge in [0.15, 0.2) is 6.10 Å². The van der Waals surface area contributed by atoms with Crippen LogP contribution in [0.5, 0.6) is 5.75 Å². The van der Waals surface area contributed by atoms with E-state index in [1.165, 1.54) is 55.7 Å². The molecule has 95 heavy (non-hydrogen) atoms. The molecule has 1 aromatic heterocycles. The van der Waals surface area contributed by atoms with Crippen LogP contribution in [0.15, 0.2) is 72.3 Å². The number of aliphatic hydroxyl groups excluding tert-OH is 3. The number of thiazole rings is 1. The predicted molar refractivity (Wildman–Crippen MR) is 344 cm³/mol. The van der Waals surface area contributed by atoms with Crippen LogP contribution in [0.25, 0.3) is 0 Å². The maximum atomic E-state index is 14.9. The van der Waals surface area contributed by atoms with Gasteiger partial charge in [-0.15, -0.1) is 11.3 Å². The largest absolute Gasteiger partial charge is 0.479 e. The summed E-state index contributed by atoms with van der Waals surface area (Å²) in [6.07, 6.45) is -7.06. The average molecular weight is 1350 g/mol. The Morgan fingerprint density at radius 3 is 2.12 bits per heavy atom. The Bertz CT molecular complexity index is 3160. The number of carbonyl (C=O) groups is 10. The smallest absolute Gasteiger partial charge is 0.410 e. The summed E-state index contributed by atoms with van der Waals surface area (Å²) in [4.78, 5) is 145. The van der Waals surface area contributed by atoms with Gasteiger partial charge in [-0.3, -0.25) is 48.2 Å². The highest BCUT2D eigenvalue weighted by atomic mass is 32.1. The highest BCUT2D eigenvalue weighted by Gasteiger charge is 2.49. The van der Waals surface area contributed by atoms with Crippen LogP contribution in [0.2, 0.25) is 0 Å². The number of methoxy groups -OCH3 is 2. The van der Waals surface area contributed by atoms with Gasteiger partial charge in [-0.25, -0.2) is 14.6 Å².